The number of benzene rings is 1. The number of carbonyl (C=O) groups excluding carboxylic acids is 1. The Morgan fingerprint density at radius 3 is 2.90 bits per heavy atom. The molecule has 0 saturated heterocycles. The molecule has 3 N–H and O–H groups in total. The Bertz CT molecular complexity index is 679. The molecule has 0 unspecified atom stereocenters. The van der Waals surface area contributed by atoms with Gasteiger partial charge in [-0.3, -0.25) is 15.0 Å². The molecule has 1 aromatic heterocycles. The topological polar surface area (TPSA) is 86.3 Å². The van der Waals surface area contributed by atoms with Crippen molar-refractivity contribution >= 4 is 16.8 Å². The summed E-state index contributed by atoms with van der Waals surface area (Å²) in [6, 6.07) is 6.84. The van der Waals surface area contributed by atoms with Crippen molar-refractivity contribution in [1.82, 2.24) is 9.99 Å². The third-order valence-corrected chi connectivity index (χ3v) is 3.00. The Balaban J connectivity index is 2.39. The second kappa shape index (κ2) is 6.21. The summed E-state index contributed by atoms with van der Waals surface area (Å²) in [5.41, 5.74) is 2.79. The van der Waals surface area contributed by atoms with Crippen molar-refractivity contribution in [1.29, 1.82) is 0 Å². The zero-order valence-corrected chi connectivity index (χ0v) is 11.3. The summed E-state index contributed by atoms with van der Waals surface area (Å²) in [4.78, 5) is 23.1. The molecule has 0 atom stereocenters. The average Bonchev–Trinajstić information content (AvgIpc) is 2.47. The summed E-state index contributed by atoms with van der Waals surface area (Å²) in [6.07, 6.45) is 1.93. The van der Waals surface area contributed by atoms with E-state index in [1.54, 1.807) is 12.3 Å². The van der Waals surface area contributed by atoms with E-state index in [1.165, 1.54) is 6.07 Å². The Hall–Kier alpha value is -2.34. The maximum atomic E-state index is 11.9. The molecular weight excluding hydrogens is 258 g/mol. The first kappa shape index (κ1) is 14.1. The van der Waals surface area contributed by atoms with E-state index >= 15 is 0 Å². The van der Waals surface area contributed by atoms with Gasteiger partial charge in [-0.15, -0.1) is 0 Å². The molecule has 0 spiro atoms. The third-order valence-electron chi connectivity index (χ3n) is 3.00. The Labute approximate surface area is 116 Å². The molecule has 0 aliphatic carbocycles. The number of hydrazine groups is 1. The molecule has 0 fully saturated rings. The second-order valence-corrected chi connectivity index (χ2v) is 4.30. The van der Waals surface area contributed by atoms with Crippen LogP contribution >= 0.6 is 0 Å². The molecule has 0 aliphatic rings. The van der Waals surface area contributed by atoms with Gasteiger partial charge in [-0.1, -0.05) is 0 Å². The zero-order valence-electron chi connectivity index (χ0n) is 11.3. The first-order chi connectivity index (χ1) is 9.65. The number of amides is 1. The van der Waals surface area contributed by atoms with Gasteiger partial charge in [0.1, 0.15) is 5.75 Å². The van der Waals surface area contributed by atoms with Gasteiger partial charge >= 0.3 is 0 Å². The number of pyridine rings is 1. The van der Waals surface area contributed by atoms with E-state index in [9.17, 15) is 9.59 Å². The number of nitrogens with two attached hydrogens (primary N) is 1. The van der Waals surface area contributed by atoms with Gasteiger partial charge in [0.15, 0.2) is 5.43 Å². The highest BCUT2D eigenvalue weighted by Gasteiger charge is 2.06. The average molecular weight is 275 g/mol. The third kappa shape index (κ3) is 2.97. The van der Waals surface area contributed by atoms with Crippen LogP contribution in [0.5, 0.6) is 5.75 Å². The summed E-state index contributed by atoms with van der Waals surface area (Å²) < 4.78 is 7.24. The maximum absolute atomic E-state index is 11.9. The lowest BCUT2D eigenvalue weighted by molar-refractivity contribution is -0.121. The lowest BCUT2D eigenvalue weighted by Gasteiger charge is -2.11. The van der Waals surface area contributed by atoms with Crippen LogP contribution in [-0.2, 0) is 11.3 Å². The highest BCUT2D eigenvalue weighted by Crippen LogP contribution is 2.18. The van der Waals surface area contributed by atoms with E-state index in [2.05, 4.69) is 5.43 Å². The molecule has 1 amide bonds. The summed E-state index contributed by atoms with van der Waals surface area (Å²) in [5.74, 6) is 5.47. The minimum atomic E-state index is -0.247. The van der Waals surface area contributed by atoms with Crippen LogP contribution in [0.2, 0.25) is 0 Å². The maximum Gasteiger partial charge on any atom is 0.235 e. The summed E-state index contributed by atoms with van der Waals surface area (Å²) >= 11 is 0. The van der Waals surface area contributed by atoms with Crippen LogP contribution in [0.1, 0.15) is 13.3 Å². The molecule has 0 aliphatic heterocycles. The molecule has 6 heteroatoms. The van der Waals surface area contributed by atoms with Crippen molar-refractivity contribution in [2.75, 3.05) is 6.61 Å². The number of fused-ring (bicyclic) bond motifs is 1. The SMILES string of the molecule is CCOc1ccc2c(c1)c(=O)ccn2CCC(=O)NN. The van der Waals surface area contributed by atoms with Gasteiger partial charge in [-0.05, 0) is 25.1 Å². The Kier molecular flexibility index (Phi) is 4.37. The predicted octanol–water partition coefficient (Wildman–Crippen LogP) is 0.780. The number of hydrogen-bond acceptors (Lipinski definition) is 4. The Morgan fingerprint density at radius 2 is 2.20 bits per heavy atom. The molecule has 0 saturated carbocycles. The van der Waals surface area contributed by atoms with Crippen LogP contribution < -0.4 is 21.4 Å². The number of ether oxygens (including phenoxy) is 1. The number of carbonyl (C=O) groups is 1. The van der Waals surface area contributed by atoms with E-state index in [-0.39, 0.29) is 17.8 Å². The van der Waals surface area contributed by atoms with E-state index in [4.69, 9.17) is 10.6 Å². The van der Waals surface area contributed by atoms with E-state index in [0.717, 1.165) is 5.52 Å². The van der Waals surface area contributed by atoms with Crippen LogP contribution in [0.15, 0.2) is 35.3 Å². The molecule has 2 aromatic rings. The molecule has 1 aromatic carbocycles. The fourth-order valence-corrected chi connectivity index (χ4v) is 2.04. The second-order valence-electron chi connectivity index (χ2n) is 4.30. The highest BCUT2D eigenvalue weighted by atomic mass is 16.5. The van der Waals surface area contributed by atoms with Crippen LogP contribution in [0.4, 0.5) is 0 Å². The first-order valence-corrected chi connectivity index (χ1v) is 6.41. The molecule has 0 bridgehead atoms. The van der Waals surface area contributed by atoms with Crippen LogP contribution in [-0.4, -0.2) is 17.1 Å². The van der Waals surface area contributed by atoms with Crippen LogP contribution in [0.25, 0.3) is 10.9 Å². The van der Waals surface area contributed by atoms with Gasteiger partial charge in [0, 0.05) is 30.6 Å². The number of aromatic nitrogens is 1. The fraction of sp³-hybridized carbons (Fsp3) is 0.286. The van der Waals surface area contributed by atoms with Gasteiger partial charge in [-0.2, -0.15) is 0 Å². The minimum absolute atomic E-state index is 0.0684. The zero-order chi connectivity index (χ0) is 14.5. The summed E-state index contributed by atoms with van der Waals surface area (Å²) in [5, 5.41) is 0.576. The van der Waals surface area contributed by atoms with E-state index in [0.29, 0.717) is 24.3 Å². The molecule has 2 rings (SSSR count). The standard InChI is InChI=1S/C14H17N3O3/c1-2-20-10-3-4-12-11(9-10)13(18)5-7-17(12)8-6-14(19)16-15/h3-5,7,9H,2,6,8,15H2,1H3,(H,16,19). The number of nitrogens with one attached hydrogen (secondary N) is 1. The molecule has 106 valence electrons. The molecular formula is C14H17N3O3. The van der Waals surface area contributed by atoms with Crippen molar-refractivity contribution < 1.29 is 9.53 Å². The molecule has 0 radical (unpaired) electrons. The van der Waals surface area contributed by atoms with Crippen LogP contribution in [0.3, 0.4) is 0 Å². The van der Waals surface area contributed by atoms with E-state index in [1.807, 2.05) is 23.6 Å². The van der Waals surface area contributed by atoms with Crippen molar-refractivity contribution in [2.45, 2.75) is 19.9 Å². The summed E-state index contributed by atoms with van der Waals surface area (Å²) in [7, 11) is 0. The molecule has 6 nitrogen and oxygen atoms in total. The summed E-state index contributed by atoms with van der Waals surface area (Å²) in [6.45, 7) is 2.88. The normalized spacial score (nSPS) is 10.5. The lowest BCUT2D eigenvalue weighted by atomic mass is 10.2. The monoisotopic (exact) mass is 275 g/mol. The van der Waals surface area contributed by atoms with Gasteiger partial charge < -0.3 is 9.30 Å². The molecule has 20 heavy (non-hydrogen) atoms. The number of rotatable bonds is 5. The largest absolute Gasteiger partial charge is 0.494 e. The number of nitrogens with zero attached hydrogens (tertiary/aromatic N) is 1. The first-order valence-electron chi connectivity index (χ1n) is 6.41. The van der Waals surface area contributed by atoms with Crippen molar-refractivity contribution in [3.8, 4) is 5.75 Å². The smallest absolute Gasteiger partial charge is 0.235 e. The van der Waals surface area contributed by atoms with Gasteiger partial charge in [0.05, 0.1) is 12.1 Å². The highest BCUT2D eigenvalue weighted by molar-refractivity contribution is 5.81. The minimum Gasteiger partial charge on any atom is -0.494 e. The number of aryl methyl sites for hydroxylation is 1. The van der Waals surface area contributed by atoms with Crippen LogP contribution in [0, 0.1) is 0 Å². The Morgan fingerprint density at radius 1 is 1.40 bits per heavy atom. The fourth-order valence-electron chi connectivity index (χ4n) is 2.04. The molecule has 1 heterocycles. The van der Waals surface area contributed by atoms with E-state index < -0.39 is 0 Å². The predicted molar refractivity (Wildman–Crippen MR) is 76.3 cm³/mol. The number of hydrogen-bond donors (Lipinski definition) is 2. The van der Waals surface area contributed by atoms with Gasteiger partial charge in [0.2, 0.25) is 5.91 Å². The van der Waals surface area contributed by atoms with Gasteiger partial charge in [0.25, 0.3) is 0 Å². The van der Waals surface area contributed by atoms with Crippen molar-refractivity contribution in [3.05, 3.63) is 40.7 Å². The lowest BCUT2D eigenvalue weighted by Crippen LogP contribution is -2.30. The van der Waals surface area contributed by atoms with Gasteiger partial charge in [-0.25, -0.2) is 5.84 Å². The van der Waals surface area contributed by atoms with Crippen molar-refractivity contribution in [2.24, 2.45) is 5.84 Å². The quantitative estimate of drug-likeness (QED) is 0.479. The van der Waals surface area contributed by atoms with Crippen molar-refractivity contribution in [3.63, 3.8) is 0 Å².